The van der Waals surface area contributed by atoms with Crippen molar-refractivity contribution >= 4 is 39.4 Å². The highest BCUT2D eigenvalue weighted by molar-refractivity contribution is 7.99. The van der Waals surface area contributed by atoms with E-state index in [0.717, 1.165) is 22.5 Å². The van der Waals surface area contributed by atoms with Crippen LogP contribution in [0.5, 0.6) is 0 Å². The lowest BCUT2D eigenvalue weighted by atomic mass is 9.89. The first-order chi connectivity index (χ1) is 12.2. The van der Waals surface area contributed by atoms with Crippen molar-refractivity contribution in [1.82, 2.24) is 9.97 Å². The van der Waals surface area contributed by atoms with Gasteiger partial charge in [-0.3, -0.25) is 0 Å². The molecule has 1 atom stereocenters. The second kappa shape index (κ2) is 7.30. The quantitative estimate of drug-likeness (QED) is 0.423. The summed E-state index contributed by atoms with van der Waals surface area (Å²) in [6.45, 7) is 4.36. The molecule has 2 heterocycles. The molecule has 3 aromatic rings. The zero-order valence-corrected chi connectivity index (χ0v) is 16.3. The van der Waals surface area contributed by atoms with Crippen LogP contribution in [0.25, 0.3) is 16.3 Å². The van der Waals surface area contributed by atoms with Gasteiger partial charge in [-0.2, -0.15) is 0 Å². The van der Waals surface area contributed by atoms with Crippen LogP contribution >= 0.6 is 23.1 Å². The molecule has 2 nitrogen and oxygen atoms in total. The van der Waals surface area contributed by atoms with Crippen molar-refractivity contribution in [2.45, 2.75) is 38.1 Å². The zero-order valence-electron chi connectivity index (χ0n) is 14.7. The topological polar surface area (TPSA) is 25.8 Å². The van der Waals surface area contributed by atoms with E-state index >= 15 is 0 Å². The van der Waals surface area contributed by atoms with Gasteiger partial charge >= 0.3 is 0 Å². The minimum atomic E-state index is 0.791. The highest BCUT2D eigenvalue weighted by Crippen LogP contribution is 2.40. The van der Waals surface area contributed by atoms with E-state index in [2.05, 4.69) is 43.3 Å². The number of hydrogen-bond acceptors (Lipinski definition) is 4. The van der Waals surface area contributed by atoms with Crippen LogP contribution in [0, 0.1) is 12.8 Å². The molecule has 4 heteroatoms. The van der Waals surface area contributed by atoms with Crippen LogP contribution in [-0.2, 0) is 12.8 Å². The van der Waals surface area contributed by atoms with Crippen molar-refractivity contribution < 1.29 is 0 Å². The summed E-state index contributed by atoms with van der Waals surface area (Å²) in [6.07, 6.45) is 8.07. The summed E-state index contributed by atoms with van der Waals surface area (Å²) >= 11 is 3.72. The molecule has 0 amide bonds. The Bertz CT molecular complexity index is 913. The van der Waals surface area contributed by atoms with Gasteiger partial charge in [0.2, 0.25) is 0 Å². The highest BCUT2D eigenvalue weighted by atomic mass is 32.2. The Morgan fingerprint density at radius 2 is 2.08 bits per heavy atom. The lowest BCUT2D eigenvalue weighted by molar-refractivity contribution is 0.509. The molecule has 0 saturated heterocycles. The van der Waals surface area contributed by atoms with Crippen LogP contribution in [-0.4, -0.2) is 15.7 Å². The van der Waals surface area contributed by atoms with E-state index in [4.69, 9.17) is 9.97 Å². The Labute approximate surface area is 157 Å². The number of rotatable bonds is 4. The van der Waals surface area contributed by atoms with Crippen molar-refractivity contribution in [2.75, 3.05) is 5.75 Å². The maximum atomic E-state index is 4.77. The molecule has 0 saturated carbocycles. The van der Waals surface area contributed by atoms with Gasteiger partial charge in [0.15, 0.2) is 0 Å². The molecule has 0 aliphatic heterocycles. The van der Waals surface area contributed by atoms with Crippen molar-refractivity contribution in [3.63, 3.8) is 0 Å². The van der Waals surface area contributed by atoms with Gasteiger partial charge in [0, 0.05) is 16.0 Å². The molecule has 0 fully saturated rings. The molecule has 0 spiro atoms. The average molecular weight is 367 g/mol. The number of benzene rings is 1. The molecule has 128 valence electrons. The summed E-state index contributed by atoms with van der Waals surface area (Å²) in [5, 5.41) is 2.49. The first-order valence-corrected chi connectivity index (χ1v) is 10.6. The molecule has 25 heavy (non-hydrogen) atoms. The van der Waals surface area contributed by atoms with Crippen LogP contribution in [0.15, 0.2) is 41.4 Å². The zero-order chi connectivity index (χ0) is 17.2. The molecule has 2 aromatic heterocycles. The van der Waals surface area contributed by atoms with E-state index in [9.17, 15) is 0 Å². The number of thiophene rings is 1. The minimum absolute atomic E-state index is 0.791. The fourth-order valence-corrected chi connectivity index (χ4v) is 5.79. The second-order valence-corrected chi connectivity index (χ2v) is 8.82. The number of hydrogen-bond donors (Lipinski definition) is 0. The SMILES string of the molecule is Cc1nc(SCC=Cc2ccccc2)c2c3c(sc2n1)CC(C)CC3. The van der Waals surface area contributed by atoms with E-state index < -0.39 is 0 Å². The Hall–Kier alpha value is -1.65. The molecule has 1 aromatic carbocycles. The van der Waals surface area contributed by atoms with Crippen LogP contribution in [0.2, 0.25) is 0 Å². The molecule has 0 bridgehead atoms. The molecule has 1 aliphatic rings. The summed E-state index contributed by atoms with van der Waals surface area (Å²) < 4.78 is 0. The van der Waals surface area contributed by atoms with Crippen molar-refractivity contribution in [3.05, 3.63) is 58.2 Å². The van der Waals surface area contributed by atoms with E-state index in [0.29, 0.717) is 0 Å². The monoisotopic (exact) mass is 366 g/mol. The van der Waals surface area contributed by atoms with Gasteiger partial charge in [-0.1, -0.05) is 49.4 Å². The maximum Gasteiger partial charge on any atom is 0.128 e. The predicted molar refractivity (Wildman–Crippen MR) is 110 cm³/mol. The van der Waals surface area contributed by atoms with Crippen molar-refractivity contribution in [1.29, 1.82) is 0 Å². The smallest absolute Gasteiger partial charge is 0.128 e. The fraction of sp³-hybridized carbons (Fsp3) is 0.333. The van der Waals surface area contributed by atoms with Crippen molar-refractivity contribution in [2.24, 2.45) is 5.92 Å². The largest absolute Gasteiger partial charge is 0.226 e. The van der Waals surface area contributed by atoms with E-state index in [1.165, 1.54) is 45.5 Å². The van der Waals surface area contributed by atoms with Gasteiger partial charge in [-0.25, -0.2) is 9.97 Å². The lowest BCUT2D eigenvalue weighted by Crippen LogP contribution is -2.08. The number of aromatic nitrogens is 2. The van der Waals surface area contributed by atoms with E-state index in [1.807, 2.05) is 36.1 Å². The molecule has 1 unspecified atom stereocenters. The van der Waals surface area contributed by atoms with Crippen LogP contribution in [0.3, 0.4) is 0 Å². The average Bonchev–Trinajstić information content (AvgIpc) is 2.96. The standard InChI is InChI=1S/C21H22N2S2/c1-14-10-11-17-18(13-14)25-21-19(17)20(22-15(2)23-21)24-12-6-9-16-7-4-3-5-8-16/h3-9,14H,10-13H2,1-2H3. The van der Waals surface area contributed by atoms with E-state index in [1.54, 1.807) is 0 Å². The van der Waals surface area contributed by atoms with Gasteiger partial charge in [-0.15, -0.1) is 23.1 Å². The fourth-order valence-electron chi connectivity index (χ4n) is 3.39. The molecule has 0 radical (unpaired) electrons. The highest BCUT2D eigenvalue weighted by Gasteiger charge is 2.23. The molecular weight excluding hydrogens is 344 g/mol. The van der Waals surface area contributed by atoms with Gasteiger partial charge < -0.3 is 0 Å². The third kappa shape index (κ3) is 3.65. The number of nitrogens with zero attached hydrogens (tertiary/aromatic N) is 2. The Kier molecular flexibility index (Phi) is 4.91. The summed E-state index contributed by atoms with van der Waals surface area (Å²) in [6, 6.07) is 10.5. The normalized spacial score (nSPS) is 17.3. The molecule has 1 aliphatic carbocycles. The molecule has 4 rings (SSSR count). The Balaban J connectivity index is 1.59. The van der Waals surface area contributed by atoms with Crippen molar-refractivity contribution in [3.8, 4) is 0 Å². The van der Waals surface area contributed by atoms with Crippen LogP contribution in [0.4, 0.5) is 0 Å². The first-order valence-electron chi connectivity index (χ1n) is 8.84. The number of aryl methyl sites for hydroxylation is 2. The summed E-state index contributed by atoms with van der Waals surface area (Å²) in [7, 11) is 0. The maximum absolute atomic E-state index is 4.77. The van der Waals surface area contributed by atoms with Gasteiger partial charge in [-0.05, 0) is 43.2 Å². The van der Waals surface area contributed by atoms with Gasteiger partial charge in [0.25, 0.3) is 0 Å². The number of thioether (sulfide) groups is 1. The first kappa shape index (κ1) is 16.8. The number of fused-ring (bicyclic) bond motifs is 3. The second-order valence-electron chi connectivity index (χ2n) is 6.73. The van der Waals surface area contributed by atoms with Crippen LogP contribution < -0.4 is 0 Å². The summed E-state index contributed by atoms with van der Waals surface area (Å²) in [5.74, 6) is 2.61. The molecule has 0 N–H and O–H groups in total. The van der Waals surface area contributed by atoms with Gasteiger partial charge in [0.1, 0.15) is 15.7 Å². The Morgan fingerprint density at radius 1 is 1.24 bits per heavy atom. The van der Waals surface area contributed by atoms with Crippen LogP contribution in [0.1, 0.15) is 35.2 Å². The summed E-state index contributed by atoms with van der Waals surface area (Å²) in [4.78, 5) is 12.2. The Morgan fingerprint density at radius 3 is 2.92 bits per heavy atom. The third-order valence-corrected chi connectivity index (χ3v) is 6.74. The minimum Gasteiger partial charge on any atom is -0.226 e. The van der Waals surface area contributed by atoms with Gasteiger partial charge in [0.05, 0.1) is 0 Å². The predicted octanol–water partition coefficient (Wildman–Crippen LogP) is 5.93. The summed E-state index contributed by atoms with van der Waals surface area (Å²) in [5.41, 5.74) is 2.77. The lowest BCUT2D eigenvalue weighted by Gasteiger charge is -2.18. The third-order valence-electron chi connectivity index (χ3n) is 4.66. The molecular formula is C21H22N2S2. The van der Waals surface area contributed by atoms with E-state index in [-0.39, 0.29) is 0 Å².